The SMILES string of the molecule is Cc1noc(C)c1NC(=O)N1CCOC2(C1)CN(C1Cc3ccccc3C1)CCO2. The highest BCUT2D eigenvalue weighted by Gasteiger charge is 2.45. The van der Waals surface area contributed by atoms with Crippen molar-refractivity contribution in [2.75, 3.05) is 44.7 Å². The number of amides is 2. The number of nitrogens with one attached hydrogen (secondary N) is 1. The van der Waals surface area contributed by atoms with Crippen molar-refractivity contribution < 1.29 is 18.8 Å². The fourth-order valence-corrected chi connectivity index (χ4v) is 4.85. The van der Waals surface area contributed by atoms with Gasteiger partial charge in [-0.2, -0.15) is 0 Å². The number of aryl methyl sites for hydroxylation is 2. The summed E-state index contributed by atoms with van der Waals surface area (Å²) in [4.78, 5) is 17.1. The smallest absolute Gasteiger partial charge is 0.322 e. The molecule has 1 N–H and O–H groups in total. The molecule has 2 fully saturated rings. The van der Waals surface area contributed by atoms with E-state index in [0.29, 0.717) is 56.0 Å². The molecule has 2 aliphatic heterocycles. The van der Waals surface area contributed by atoms with Crippen molar-refractivity contribution in [3.05, 3.63) is 46.8 Å². The quantitative estimate of drug-likeness (QED) is 0.816. The number of hydrogen-bond donors (Lipinski definition) is 1. The zero-order chi connectivity index (χ0) is 20.7. The molecule has 1 atom stereocenters. The molecule has 1 spiro atoms. The van der Waals surface area contributed by atoms with Crippen molar-refractivity contribution in [1.82, 2.24) is 15.0 Å². The number of benzene rings is 1. The molecule has 2 saturated heterocycles. The van der Waals surface area contributed by atoms with Gasteiger partial charge in [0.1, 0.15) is 11.4 Å². The van der Waals surface area contributed by atoms with Crippen LogP contribution >= 0.6 is 0 Å². The Bertz CT molecular complexity index is 896. The Hall–Kier alpha value is -2.42. The van der Waals surface area contributed by atoms with Crippen molar-refractivity contribution in [1.29, 1.82) is 0 Å². The Kier molecular flexibility index (Phi) is 5.00. The van der Waals surface area contributed by atoms with Gasteiger partial charge in [-0.1, -0.05) is 29.4 Å². The summed E-state index contributed by atoms with van der Waals surface area (Å²) in [5, 5.41) is 6.84. The van der Waals surface area contributed by atoms with E-state index in [1.54, 1.807) is 11.8 Å². The molecule has 30 heavy (non-hydrogen) atoms. The minimum atomic E-state index is -0.776. The average Bonchev–Trinajstić information content (AvgIpc) is 3.32. The third kappa shape index (κ3) is 3.59. The number of carbonyl (C=O) groups is 1. The lowest BCUT2D eigenvalue weighted by atomic mass is 10.1. The summed E-state index contributed by atoms with van der Waals surface area (Å²) in [5.41, 5.74) is 4.18. The second-order valence-electron chi connectivity index (χ2n) is 8.46. The number of morpholine rings is 2. The minimum Gasteiger partial charge on any atom is -0.359 e. The molecule has 0 radical (unpaired) electrons. The first-order valence-corrected chi connectivity index (χ1v) is 10.6. The van der Waals surface area contributed by atoms with Crippen LogP contribution in [-0.2, 0) is 22.3 Å². The fraction of sp³-hybridized carbons (Fsp3) is 0.545. The monoisotopic (exact) mass is 412 g/mol. The molecule has 2 amide bonds. The van der Waals surface area contributed by atoms with E-state index in [-0.39, 0.29) is 6.03 Å². The highest BCUT2D eigenvalue weighted by atomic mass is 16.7. The second-order valence-corrected chi connectivity index (χ2v) is 8.46. The number of ether oxygens (including phenoxy) is 2. The highest BCUT2D eigenvalue weighted by Crippen LogP contribution is 2.31. The van der Waals surface area contributed by atoms with Gasteiger partial charge in [-0.3, -0.25) is 4.90 Å². The molecule has 2 aromatic rings. The molecule has 1 aliphatic carbocycles. The zero-order valence-electron chi connectivity index (χ0n) is 17.5. The van der Waals surface area contributed by atoms with Crippen molar-refractivity contribution >= 4 is 11.7 Å². The molecule has 8 nitrogen and oxygen atoms in total. The Morgan fingerprint density at radius 3 is 2.47 bits per heavy atom. The number of nitrogens with zero attached hydrogens (tertiary/aromatic N) is 3. The number of anilines is 1. The molecule has 1 aromatic heterocycles. The van der Waals surface area contributed by atoms with Crippen molar-refractivity contribution in [2.45, 2.75) is 38.5 Å². The molecule has 0 saturated carbocycles. The molecule has 1 aromatic carbocycles. The summed E-state index contributed by atoms with van der Waals surface area (Å²) in [6, 6.07) is 8.95. The minimum absolute atomic E-state index is 0.180. The lowest BCUT2D eigenvalue weighted by Crippen LogP contribution is -2.64. The van der Waals surface area contributed by atoms with E-state index in [2.05, 4.69) is 39.6 Å². The molecule has 3 aliphatic rings. The molecule has 3 heterocycles. The normalized spacial score (nSPS) is 24.9. The number of urea groups is 1. The van der Waals surface area contributed by atoms with Crippen LogP contribution in [0.1, 0.15) is 22.6 Å². The van der Waals surface area contributed by atoms with E-state index in [0.717, 1.165) is 19.4 Å². The molecular weight excluding hydrogens is 384 g/mol. The van der Waals surface area contributed by atoms with Crippen LogP contribution in [0.3, 0.4) is 0 Å². The standard InChI is InChI=1S/C22H28N4O4/c1-15-20(16(2)30-24-15)23-21(27)26-8-10-29-22(14-26)13-25(7-9-28-22)19-11-17-5-3-4-6-18(17)12-19/h3-6,19H,7-14H2,1-2H3,(H,23,27). The van der Waals surface area contributed by atoms with Crippen LogP contribution in [0.15, 0.2) is 28.8 Å². The second kappa shape index (κ2) is 7.68. The van der Waals surface area contributed by atoms with Crippen LogP contribution in [0.25, 0.3) is 0 Å². The predicted molar refractivity (Wildman–Crippen MR) is 110 cm³/mol. The first-order chi connectivity index (χ1) is 14.5. The number of aromatic nitrogens is 1. The Balaban J connectivity index is 1.26. The van der Waals surface area contributed by atoms with Crippen molar-refractivity contribution in [3.63, 3.8) is 0 Å². The van der Waals surface area contributed by atoms with E-state index in [9.17, 15) is 4.79 Å². The largest absolute Gasteiger partial charge is 0.359 e. The van der Waals surface area contributed by atoms with Crippen molar-refractivity contribution in [3.8, 4) is 0 Å². The molecule has 5 rings (SSSR count). The Morgan fingerprint density at radius 1 is 1.10 bits per heavy atom. The highest BCUT2D eigenvalue weighted by molar-refractivity contribution is 5.90. The molecule has 160 valence electrons. The maximum absolute atomic E-state index is 12.9. The van der Waals surface area contributed by atoms with Gasteiger partial charge in [-0.15, -0.1) is 0 Å². The van der Waals surface area contributed by atoms with Crippen LogP contribution in [0.2, 0.25) is 0 Å². The summed E-state index contributed by atoms with van der Waals surface area (Å²) in [7, 11) is 0. The molecular formula is C22H28N4O4. The van der Waals surface area contributed by atoms with Gasteiger partial charge in [-0.05, 0) is 37.8 Å². The number of carbonyl (C=O) groups excluding carboxylic acids is 1. The maximum atomic E-state index is 12.9. The summed E-state index contributed by atoms with van der Waals surface area (Å²) >= 11 is 0. The summed E-state index contributed by atoms with van der Waals surface area (Å²) < 4.78 is 17.4. The predicted octanol–water partition coefficient (Wildman–Crippen LogP) is 2.35. The van der Waals surface area contributed by atoms with E-state index in [1.165, 1.54) is 11.1 Å². The summed E-state index contributed by atoms with van der Waals surface area (Å²) in [6.07, 6.45) is 2.12. The molecule has 8 heteroatoms. The van der Waals surface area contributed by atoms with E-state index in [4.69, 9.17) is 14.0 Å². The first kappa shape index (κ1) is 19.5. The lowest BCUT2D eigenvalue weighted by molar-refractivity contribution is -0.289. The van der Waals surface area contributed by atoms with E-state index < -0.39 is 5.79 Å². The lowest BCUT2D eigenvalue weighted by Gasteiger charge is -2.48. The zero-order valence-corrected chi connectivity index (χ0v) is 17.5. The van der Waals surface area contributed by atoms with E-state index >= 15 is 0 Å². The van der Waals surface area contributed by atoms with E-state index in [1.807, 2.05) is 6.92 Å². The van der Waals surface area contributed by atoms with Crippen LogP contribution in [0, 0.1) is 13.8 Å². The van der Waals surface area contributed by atoms with Crippen LogP contribution in [-0.4, -0.2) is 72.2 Å². The Morgan fingerprint density at radius 2 is 1.80 bits per heavy atom. The van der Waals surface area contributed by atoms with Crippen LogP contribution in [0.5, 0.6) is 0 Å². The third-order valence-electron chi connectivity index (χ3n) is 6.44. The summed E-state index contributed by atoms with van der Waals surface area (Å²) in [5.74, 6) is -0.175. The van der Waals surface area contributed by atoms with Crippen molar-refractivity contribution in [2.24, 2.45) is 0 Å². The topological polar surface area (TPSA) is 80.1 Å². The molecule has 1 unspecified atom stereocenters. The number of fused-ring (bicyclic) bond motifs is 1. The average molecular weight is 412 g/mol. The van der Waals surface area contributed by atoms with Gasteiger partial charge in [-0.25, -0.2) is 4.79 Å². The van der Waals surface area contributed by atoms with Gasteiger partial charge >= 0.3 is 6.03 Å². The van der Waals surface area contributed by atoms with Gasteiger partial charge < -0.3 is 24.2 Å². The van der Waals surface area contributed by atoms with Gasteiger partial charge in [0.05, 0.1) is 26.3 Å². The fourth-order valence-electron chi connectivity index (χ4n) is 4.85. The Labute approximate surface area is 176 Å². The van der Waals surface area contributed by atoms with Crippen LogP contribution in [0.4, 0.5) is 10.5 Å². The summed E-state index contributed by atoms with van der Waals surface area (Å²) in [6.45, 7) is 7.14. The van der Waals surface area contributed by atoms with Crippen LogP contribution < -0.4 is 5.32 Å². The number of hydrogen-bond acceptors (Lipinski definition) is 6. The number of rotatable bonds is 2. The van der Waals surface area contributed by atoms with Gasteiger partial charge in [0.25, 0.3) is 0 Å². The van der Waals surface area contributed by atoms with Gasteiger partial charge in [0, 0.05) is 19.1 Å². The maximum Gasteiger partial charge on any atom is 0.322 e. The molecule has 0 bridgehead atoms. The van der Waals surface area contributed by atoms with Gasteiger partial charge in [0.2, 0.25) is 0 Å². The third-order valence-corrected chi connectivity index (χ3v) is 6.44. The van der Waals surface area contributed by atoms with Gasteiger partial charge in [0.15, 0.2) is 11.5 Å². The first-order valence-electron chi connectivity index (χ1n) is 10.6.